The summed E-state index contributed by atoms with van der Waals surface area (Å²) in [6, 6.07) is 8.11. The predicted molar refractivity (Wildman–Crippen MR) is 39.2 cm³/mol. The van der Waals surface area contributed by atoms with Gasteiger partial charge in [0.15, 0.2) is 0 Å². The van der Waals surface area contributed by atoms with Crippen molar-refractivity contribution in [2.75, 3.05) is 0 Å². The molecule has 0 unspecified atom stereocenters. The van der Waals surface area contributed by atoms with Crippen molar-refractivity contribution in [1.82, 2.24) is 0 Å². The van der Waals surface area contributed by atoms with E-state index in [1.54, 1.807) is 0 Å². The number of hydrogen-bond acceptors (Lipinski definition) is 1. The van der Waals surface area contributed by atoms with Gasteiger partial charge in [0.2, 0.25) is 0 Å². The van der Waals surface area contributed by atoms with Crippen molar-refractivity contribution < 1.29 is 23.3 Å². The molecule has 0 nitrogen and oxygen atoms in total. The first-order valence-corrected chi connectivity index (χ1v) is 12.6. The second-order valence-corrected chi connectivity index (χ2v) is 8.87. The molecular weight excluding hydrogens is 340 g/mol. The fourth-order valence-corrected chi connectivity index (χ4v) is 3.91. The summed E-state index contributed by atoms with van der Waals surface area (Å²) in [5.41, 5.74) is 0. The van der Waals surface area contributed by atoms with Crippen LogP contribution in [-0.4, -0.2) is 0 Å². The Morgan fingerprint density at radius 2 is 1.78 bits per heavy atom. The standard InChI is InChI=1S/C6H5S.ClH.Hg/c7-6-4-2-1-3-5-6;;/h2-5,7H;1H;/q;;+1/p-1. The molecule has 44 valence electrons. The molecule has 1 aromatic carbocycles. The van der Waals surface area contributed by atoms with Crippen LogP contribution < -0.4 is 3.07 Å². The van der Waals surface area contributed by atoms with Gasteiger partial charge in [0.1, 0.15) is 0 Å². The summed E-state index contributed by atoms with van der Waals surface area (Å²) in [7, 11) is 5.78. The van der Waals surface area contributed by atoms with Gasteiger partial charge in [-0.2, -0.15) is 0 Å². The molecule has 0 spiro atoms. The summed E-state index contributed by atoms with van der Waals surface area (Å²) >= 11 is 3.03. The van der Waals surface area contributed by atoms with Gasteiger partial charge in [-0.05, 0) is 0 Å². The normalized spacial score (nSPS) is 8.67. The minimum absolute atomic E-state index is 1.01. The van der Waals surface area contributed by atoms with Crippen molar-refractivity contribution in [2.45, 2.75) is 4.90 Å². The summed E-state index contributed by atoms with van der Waals surface area (Å²) < 4.78 is 1.36. The molecule has 0 atom stereocenters. The third-order valence-electron chi connectivity index (χ3n) is 1.09. The van der Waals surface area contributed by atoms with Gasteiger partial charge in [-0.15, -0.1) is 0 Å². The van der Waals surface area contributed by atoms with Crippen molar-refractivity contribution in [3.63, 3.8) is 0 Å². The van der Waals surface area contributed by atoms with Crippen LogP contribution in [0.3, 0.4) is 0 Å². The Kier molecular flexibility index (Phi) is 3.37. The maximum absolute atomic E-state index is 5.78. The fraction of sp³-hybridized carbons (Fsp3) is 0. The van der Waals surface area contributed by atoms with E-state index in [2.05, 4.69) is 24.8 Å². The van der Waals surface area contributed by atoms with E-state index in [-0.39, 0.29) is 0 Å². The molecule has 0 aliphatic heterocycles. The summed E-state index contributed by atoms with van der Waals surface area (Å²) in [5.74, 6) is 0. The Balaban J connectivity index is 2.88. The zero-order valence-electron chi connectivity index (χ0n) is 4.84. The molecule has 3 heteroatoms. The van der Waals surface area contributed by atoms with Gasteiger partial charge in [0.25, 0.3) is 0 Å². The van der Waals surface area contributed by atoms with Gasteiger partial charge in [-0.1, -0.05) is 0 Å². The van der Waals surface area contributed by atoms with E-state index < -0.39 is 23.3 Å². The Morgan fingerprint density at radius 1 is 1.22 bits per heavy atom. The third kappa shape index (κ3) is 2.48. The Bertz CT molecular complexity index is 185. The van der Waals surface area contributed by atoms with Gasteiger partial charge in [-0.25, -0.2) is 0 Å². The minimum atomic E-state index is -1.12. The molecule has 1 aromatic rings. The monoisotopic (exact) mass is 346 g/mol. The van der Waals surface area contributed by atoms with Crippen molar-refractivity contribution in [3.05, 3.63) is 24.3 Å². The first-order chi connectivity index (χ1) is 4.33. The van der Waals surface area contributed by atoms with Crippen LogP contribution in [-0.2, 0) is 23.3 Å². The molecule has 1 rings (SSSR count). The molecule has 0 saturated heterocycles. The Labute approximate surface area is 75.9 Å². The number of benzene rings is 1. The van der Waals surface area contributed by atoms with Crippen LogP contribution in [0.25, 0.3) is 0 Å². The van der Waals surface area contributed by atoms with Crippen LogP contribution in [0.4, 0.5) is 0 Å². The van der Waals surface area contributed by atoms with Gasteiger partial charge in [-0.3, -0.25) is 0 Å². The number of hydrogen-bond donors (Lipinski definition) is 1. The second-order valence-electron chi connectivity index (χ2n) is 1.80. The van der Waals surface area contributed by atoms with Crippen LogP contribution in [0, 0.1) is 0 Å². The molecule has 0 bridgehead atoms. The van der Waals surface area contributed by atoms with E-state index in [0.29, 0.717) is 0 Å². The Hall–Kier alpha value is 0.795. The number of rotatable bonds is 1. The first-order valence-electron chi connectivity index (χ1n) is 2.67. The summed E-state index contributed by atoms with van der Waals surface area (Å²) in [6.45, 7) is 0. The number of halogens is 1. The molecule has 0 aromatic heterocycles. The topological polar surface area (TPSA) is 0 Å². The van der Waals surface area contributed by atoms with Crippen molar-refractivity contribution >= 4 is 24.0 Å². The van der Waals surface area contributed by atoms with E-state index in [1.807, 2.05) is 12.1 Å². The van der Waals surface area contributed by atoms with E-state index in [9.17, 15) is 0 Å². The van der Waals surface area contributed by atoms with Gasteiger partial charge >= 0.3 is 76.5 Å². The van der Waals surface area contributed by atoms with E-state index in [4.69, 9.17) is 8.25 Å². The predicted octanol–water partition coefficient (Wildman–Crippen LogP) is 1.84. The molecule has 0 aliphatic rings. The average molecular weight is 345 g/mol. The molecule has 0 aliphatic carbocycles. The van der Waals surface area contributed by atoms with Crippen molar-refractivity contribution in [2.24, 2.45) is 0 Å². The first kappa shape index (κ1) is 7.90. The average Bonchev–Trinajstić information content (AvgIpc) is 1.90. The molecule has 9 heavy (non-hydrogen) atoms. The van der Waals surface area contributed by atoms with Gasteiger partial charge in [0.05, 0.1) is 0 Å². The van der Waals surface area contributed by atoms with E-state index in [1.165, 1.54) is 3.07 Å². The zero-order chi connectivity index (χ0) is 6.69. The van der Waals surface area contributed by atoms with Gasteiger partial charge in [0, 0.05) is 0 Å². The summed E-state index contributed by atoms with van der Waals surface area (Å²) in [6.07, 6.45) is 0. The molecule has 0 saturated carbocycles. The Morgan fingerprint density at radius 3 is 2.22 bits per heavy atom. The quantitative estimate of drug-likeness (QED) is 0.583. The third-order valence-corrected chi connectivity index (χ3v) is 7.13. The molecule has 0 N–H and O–H groups in total. The van der Waals surface area contributed by atoms with Crippen molar-refractivity contribution in [1.29, 1.82) is 0 Å². The SMILES string of the molecule is Sc1cc[c]([Hg][Cl])cc1. The van der Waals surface area contributed by atoms with E-state index in [0.717, 1.165) is 4.90 Å². The van der Waals surface area contributed by atoms with Crippen LogP contribution >= 0.6 is 20.9 Å². The molecule has 0 amide bonds. The van der Waals surface area contributed by atoms with Crippen LogP contribution in [0.5, 0.6) is 0 Å². The van der Waals surface area contributed by atoms with Gasteiger partial charge < -0.3 is 0 Å². The summed E-state index contributed by atoms with van der Waals surface area (Å²) in [4.78, 5) is 1.01. The molecular formula is C6H5ClHgS. The van der Waals surface area contributed by atoms with Crippen LogP contribution in [0.2, 0.25) is 0 Å². The fourth-order valence-electron chi connectivity index (χ4n) is 0.585. The van der Waals surface area contributed by atoms with Crippen molar-refractivity contribution in [3.8, 4) is 0 Å². The maximum atomic E-state index is 5.78. The summed E-state index contributed by atoms with van der Waals surface area (Å²) in [5, 5.41) is 0. The molecule has 0 heterocycles. The molecule has 0 fully saturated rings. The van der Waals surface area contributed by atoms with Crippen LogP contribution in [0.15, 0.2) is 29.2 Å². The molecule has 0 radical (unpaired) electrons. The van der Waals surface area contributed by atoms with Crippen LogP contribution in [0.1, 0.15) is 0 Å². The second kappa shape index (κ2) is 3.84. The number of thiol groups is 1. The van der Waals surface area contributed by atoms with E-state index >= 15 is 0 Å². The zero-order valence-corrected chi connectivity index (χ0v) is 12.0.